The van der Waals surface area contributed by atoms with Crippen LogP contribution in [0.4, 0.5) is 4.79 Å². The first kappa shape index (κ1) is 22.8. The predicted molar refractivity (Wildman–Crippen MR) is 79.9 cm³/mol. The SMILES string of the molecule is CCCCCOCC(COP(=O)(O)O)OC(=O)NOC(C)C(=O)O. The maximum Gasteiger partial charge on any atom is 0.469 e. The van der Waals surface area contributed by atoms with Crippen molar-refractivity contribution < 1.29 is 47.9 Å². The molecule has 0 saturated heterocycles. The third-order valence-corrected chi connectivity index (χ3v) is 3.05. The Morgan fingerprint density at radius 3 is 2.42 bits per heavy atom. The number of carbonyl (C=O) groups is 2. The van der Waals surface area contributed by atoms with Gasteiger partial charge in [0.15, 0.2) is 12.2 Å². The zero-order valence-corrected chi connectivity index (χ0v) is 14.4. The molecule has 0 aromatic heterocycles. The monoisotopic (exact) mass is 373 g/mol. The molecular weight excluding hydrogens is 349 g/mol. The fourth-order valence-corrected chi connectivity index (χ4v) is 1.69. The molecule has 4 N–H and O–H groups in total. The minimum Gasteiger partial charge on any atom is -0.479 e. The molecule has 12 heteroatoms. The summed E-state index contributed by atoms with van der Waals surface area (Å²) in [5, 5.41) is 8.59. The van der Waals surface area contributed by atoms with E-state index in [1.807, 2.05) is 6.92 Å². The Morgan fingerprint density at radius 1 is 1.21 bits per heavy atom. The van der Waals surface area contributed by atoms with Crippen LogP contribution in [0.2, 0.25) is 0 Å². The Bertz CT molecular complexity index is 426. The van der Waals surface area contributed by atoms with Crippen LogP contribution in [0.3, 0.4) is 0 Å². The number of hydroxylamine groups is 1. The van der Waals surface area contributed by atoms with Gasteiger partial charge >= 0.3 is 19.9 Å². The molecule has 0 fully saturated rings. The molecule has 0 bridgehead atoms. The number of rotatable bonds is 13. The third kappa shape index (κ3) is 13.2. The van der Waals surface area contributed by atoms with Crippen LogP contribution in [0.1, 0.15) is 33.1 Å². The summed E-state index contributed by atoms with van der Waals surface area (Å²) in [5.74, 6) is -1.30. The van der Waals surface area contributed by atoms with E-state index in [1.54, 1.807) is 5.48 Å². The van der Waals surface area contributed by atoms with Crippen LogP contribution in [0.15, 0.2) is 0 Å². The molecule has 0 saturated carbocycles. The van der Waals surface area contributed by atoms with Gasteiger partial charge in [-0.2, -0.15) is 5.48 Å². The van der Waals surface area contributed by atoms with Crippen molar-refractivity contribution in [2.75, 3.05) is 19.8 Å². The summed E-state index contributed by atoms with van der Waals surface area (Å²) in [7, 11) is -4.73. The van der Waals surface area contributed by atoms with Gasteiger partial charge in [0.05, 0.1) is 13.2 Å². The molecule has 0 aliphatic rings. The molecular formula is C12H24NO10P. The Morgan fingerprint density at radius 2 is 1.88 bits per heavy atom. The van der Waals surface area contributed by atoms with Gasteiger partial charge in [-0.1, -0.05) is 19.8 Å². The smallest absolute Gasteiger partial charge is 0.469 e. The number of ether oxygens (including phenoxy) is 2. The maximum atomic E-state index is 11.5. The van der Waals surface area contributed by atoms with E-state index in [9.17, 15) is 14.2 Å². The van der Waals surface area contributed by atoms with Gasteiger partial charge in [0.2, 0.25) is 0 Å². The summed E-state index contributed by atoms with van der Waals surface area (Å²) in [5.41, 5.74) is 1.75. The van der Waals surface area contributed by atoms with Crippen LogP contribution in [0.5, 0.6) is 0 Å². The summed E-state index contributed by atoms with van der Waals surface area (Å²) in [6.07, 6.45) is -0.818. The Labute approximate surface area is 139 Å². The zero-order valence-electron chi connectivity index (χ0n) is 13.5. The van der Waals surface area contributed by atoms with Crippen molar-refractivity contribution in [2.45, 2.75) is 45.3 Å². The van der Waals surface area contributed by atoms with Gasteiger partial charge in [-0.25, -0.2) is 14.2 Å². The summed E-state index contributed by atoms with van der Waals surface area (Å²) >= 11 is 0. The van der Waals surface area contributed by atoms with Crippen molar-refractivity contribution in [3.8, 4) is 0 Å². The first-order valence-corrected chi connectivity index (χ1v) is 8.81. The van der Waals surface area contributed by atoms with E-state index in [0.29, 0.717) is 6.61 Å². The van der Waals surface area contributed by atoms with E-state index >= 15 is 0 Å². The Hall–Kier alpha value is -1.23. The zero-order chi connectivity index (χ0) is 18.6. The van der Waals surface area contributed by atoms with E-state index in [1.165, 1.54) is 6.92 Å². The number of phosphoric acid groups is 1. The summed E-state index contributed by atoms with van der Waals surface area (Å²) < 4.78 is 25.1. The molecule has 0 heterocycles. The number of hydrogen-bond donors (Lipinski definition) is 4. The number of hydrogen-bond acceptors (Lipinski definition) is 7. The van der Waals surface area contributed by atoms with E-state index < -0.39 is 38.7 Å². The number of nitrogens with one attached hydrogen (secondary N) is 1. The molecule has 0 spiro atoms. The highest BCUT2D eigenvalue weighted by Crippen LogP contribution is 2.35. The second-order valence-electron chi connectivity index (χ2n) is 4.80. The van der Waals surface area contributed by atoms with E-state index in [2.05, 4.69) is 9.36 Å². The molecule has 11 nitrogen and oxygen atoms in total. The lowest BCUT2D eigenvalue weighted by Gasteiger charge is -2.19. The minimum absolute atomic E-state index is 0.147. The second kappa shape index (κ2) is 12.2. The largest absolute Gasteiger partial charge is 0.479 e. The lowest BCUT2D eigenvalue weighted by molar-refractivity contribution is -0.153. The number of carbonyl (C=O) groups excluding carboxylic acids is 1. The Kier molecular flexibility index (Phi) is 11.6. The molecule has 1 amide bonds. The lowest BCUT2D eigenvalue weighted by atomic mass is 10.3. The number of phosphoric ester groups is 1. The van der Waals surface area contributed by atoms with Gasteiger partial charge in [0, 0.05) is 6.61 Å². The first-order valence-electron chi connectivity index (χ1n) is 7.28. The average molecular weight is 373 g/mol. The third-order valence-electron chi connectivity index (χ3n) is 2.57. The van der Waals surface area contributed by atoms with Crippen LogP contribution in [-0.2, 0) is 28.2 Å². The summed E-state index contributed by atoms with van der Waals surface area (Å²) in [6, 6.07) is 0. The van der Waals surface area contributed by atoms with E-state index in [0.717, 1.165) is 19.3 Å². The highest BCUT2D eigenvalue weighted by molar-refractivity contribution is 7.46. The number of amides is 1. The van der Waals surface area contributed by atoms with Crippen LogP contribution in [0.25, 0.3) is 0 Å². The van der Waals surface area contributed by atoms with E-state index in [-0.39, 0.29) is 6.61 Å². The molecule has 0 rings (SSSR count). The normalized spacial score (nSPS) is 14.0. The van der Waals surface area contributed by atoms with Gasteiger partial charge in [0.1, 0.15) is 0 Å². The van der Waals surface area contributed by atoms with Crippen molar-refractivity contribution in [2.24, 2.45) is 0 Å². The quantitative estimate of drug-likeness (QED) is 0.206. The lowest BCUT2D eigenvalue weighted by Crippen LogP contribution is -2.37. The predicted octanol–water partition coefficient (Wildman–Crippen LogP) is 0.802. The fraction of sp³-hybridized carbons (Fsp3) is 0.833. The van der Waals surface area contributed by atoms with Crippen LogP contribution in [-0.4, -0.2) is 59.0 Å². The highest BCUT2D eigenvalue weighted by atomic mass is 31.2. The maximum absolute atomic E-state index is 11.5. The van der Waals surface area contributed by atoms with E-state index in [4.69, 9.17) is 24.4 Å². The molecule has 2 atom stereocenters. The van der Waals surface area contributed by atoms with Crippen LogP contribution < -0.4 is 5.48 Å². The van der Waals surface area contributed by atoms with Crippen molar-refractivity contribution >= 4 is 19.9 Å². The summed E-state index contributed by atoms with van der Waals surface area (Å²) in [6.45, 7) is 2.85. The van der Waals surface area contributed by atoms with Crippen LogP contribution >= 0.6 is 7.82 Å². The van der Waals surface area contributed by atoms with Gasteiger partial charge in [-0.15, -0.1) is 0 Å². The number of unbranched alkanes of at least 4 members (excludes halogenated alkanes) is 2. The molecule has 2 unspecified atom stereocenters. The minimum atomic E-state index is -4.73. The Balaban J connectivity index is 4.32. The van der Waals surface area contributed by atoms with Gasteiger partial charge < -0.3 is 24.4 Å². The fourth-order valence-electron chi connectivity index (χ4n) is 1.33. The molecule has 0 radical (unpaired) electrons. The topological polar surface area (TPSA) is 161 Å². The van der Waals surface area contributed by atoms with Crippen molar-refractivity contribution in [1.82, 2.24) is 5.48 Å². The van der Waals surface area contributed by atoms with Crippen molar-refractivity contribution in [1.29, 1.82) is 0 Å². The number of carboxylic acid groups (broad SMARTS) is 1. The molecule has 0 aromatic carbocycles. The average Bonchev–Trinajstić information content (AvgIpc) is 2.48. The van der Waals surface area contributed by atoms with Crippen molar-refractivity contribution in [3.05, 3.63) is 0 Å². The second-order valence-corrected chi connectivity index (χ2v) is 6.04. The molecule has 0 aromatic rings. The van der Waals surface area contributed by atoms with Crippen molar-refractivity contribution in [3.63, 3.8) is 0 Å². The number of aliphatic carboxylic acids is 1. The van der Waals surface area contributed by atoms with Gasteiger partial charge in [-0.05, 0) is 13.3 Å². The van der Waals surface area contributed by atoms with Gasteiger partial charge in [-0.3, -0.25) is 9.36 Å². The highest BCUT2D eigenvalue weighted by Gasteiger charge is 2.22. The van der Waals surface area contributed by atoms with Crippen LogP contribution in [0, 0.1) is 0 Å². The standard InChI is InChI=1S/C12H24NO10P/c1-3-4-5-6-20-7-10(8-21-24(17,18)19)22-12(16)13-23-9(2)11(14)15/h9-10H,3-8H2,1-2H3,(H,13,16)(H,14,15)(H2,17,18,19). The summed E-state index contributed by atoms with van der Waals surface area (Å²) in [4.78, 5) is 43.9. The molecule has 0 aliphatic heterocycles. The molecule has 142 valence electrons. The molecule has 24 heavy (non-hydrogen) atoms. The number of carboxylic acids is 1. The molecule has 0 aliphatic carbocycles. The first-order chi connectivity index (χ1) is 11.2. The van der Waals surface area contributed by atoms with Gasteiger partial charge in [0.25, 0.3) is 0 Å².